The van der Waals surface area contributed by atoms with Crippen LogP contribution in [-0.2, 0) is 14.3 Å². The predicted octanol–water partition coefficient (Wildman–Crippen LogP) is 2.16. The fourth-order valence-electron chi connectivity index (χ4n) is 3.10. The van der Waals surface area contributed by atoms with Crippen LogP contribution < -0.4 is 5.32 Å². The summed E-state index contributed by atoms with van der Waals surface area (Å²) in [4.78, 5) is 23.7. The maximum atomic E-state index is 12.4. The first kappa shape index (κ1) is 13.4. The third-order valence-electron chi connectivity index (χ3n) is 3.99. The number of fused-ring (bicyclic) bond motifs is 2. The molecule has 4 atom stereocenters. The Morgan fingerprint density at radius 2 is 1.85 bits per heavy atom. The molecule has 1 aromatic carbocycles. The van der Waals surface area contributed by atoms with Crippen LogP contribution in [0.25, 0.3) is 0 Å². The van der Waals surface area contributed by atoms with Gasteiger partial charge in [0.25, 0.3) is 0 Å². The highest BCUT2D eigenvalue weighted by Gasteiger charge is 2.55. The van der Waals surface area contributed by atoms with Crippen LogP contribution in [-0.4, -0.2) is 29.2 Å². The summed E-state index contributed by atoms with van der Waals surface area (Å²) in [5.74, 6) is -2.73. The second-order valence-corrected chi connectivity index (χ2v) is 5.56. The van der Waals surface area contributed by atoms with E-state index in [9.17, 15) is 14.7 Å². The van der Waals surface area contributed by atoms with Gasteiger partial charge in [-0.2, -0.15) is 0 Å². The Labute approximate surface area is 120 Å². The molecule has 2 aliphatic heterocycles. The van der Waals surface area contributed by atoms with Crippen LogP contribution in [0.5, 0.6) is 0 Å². The first-order valence-electron chi connectivity index (χ1n) is 6.51. The van der Waals surface area contributed by atoms with Crippen molar-refractivity contribution >= 4 is 29.2 Å². The lowest BCUT2D eigenvalue weighted by Crippen LogP contribution is -2.40. The highest BCUT2D eigenvalue weighted by Crippen LogP contribution is 2.44. The van der Waals surface area contributed by atoms with Crippen molar-refractivity contribution in [1.82, 2.24) is 0 Å². The summed E-state index contributed by atoms with van der Waals surface area (Å²) in [6, 6.07) is 6.87. The van der Waals surface area contributed by atoms with Crippen molar-refractivity contribution in [1.29, 1.82) is 0 Å². The van der Waals surface area contributed by atoms with E-state index >= 15 is 0 Å². The quantitative estimate of drug-likeness (QED) is 0.896. The number of hydrogen-bond donors (Lipinski definition) is 2. The van der Waals surface area contributed by atoms with Gasteiger partial charge in [0, 0.05) is 0 Å². The first-order valence-corrected chi connectivity index (χ1v) is 6.89. The van der Waals surface area contributed by atoms with Crippen LogP contribution >= 0.6 is 11.6 Å². The minimum absolute atomic E-state index is 0.302. The van der Waals surface area contributed by atoms with E-state index in [0.717, 1.165) is 6.42 Å². The van der Waals surface area contributed by atoms with Gasteiger partial charge in [0.2, 0.25) is 5.91 Å². The number of carbonyl (C=O) groups is 2. The van der Waals surface area contributed by atoms with Crippen LogP contribution in [0.3, 0.4) is 0 Å². The summed E-state index contributed by atoms with van der Waals surface area (Å²) in [7, 11) is 0. The third-order valence-corrected chi connectivity index (χ3v) is 4.32. The Morgan fingerprint density at radius 3 is 2.50 bits per heavy atom. The molecule has 0 radical (unpaired) electrons. The molecule has 2 N–H and O–H groups in total. The average molecular weight is 296 g/mol. The molecule has 5 nitrogen and oxygen atoms in total. The first-order chi connectivity index (χ1) is 9.58. The molecule has 106 valence electrons. The highest BCUT2D eigenvalue weighted by molar-refractivity contribution is 6.33. The molecule has 2 heterocycles. The van der Waals surface area contributed by atoms with E-state index < -0.39 is 17.8 Å². The van der Waals surface area contributed by atoms with Crippen molar-refractivity contribution in [3.8, 4) is 0 Å². The van der Waals surface area contributed by atoms with Crippen LogP contribution in [0.1, 0.15) is 12.8 Å². The van der Waals surface area contributed by atoms with E-state index in [1.54, 1.807) is 24.3 Å². The zero-order chi connectivity index (χ0) is 14.3. The molecule has 0 spiro atoms. The zero-order valence-corrected chi connectivity index (χ0v) is 11.3. The Hall–Kier alpha value is -1.59. The van der Waals surface area contributed by atoms with Gasteiger partial charge < -0.3 is 15.2 Å². The van der Waals surface area contributed by atoms with Crippen molar-refractivity contribution in [2.45, 2.75) is 25.0 Å². The van der Waals surface area contributed by atoms with Crippen LogP contribution in [0.2, 0.25) is 5.02 Å². The Morgan fingerprint density at radius 1 is 1.20 bits per heavy atom. The second kappa shape index (κ2) is 5.07. The Balaban J connectivity index is 1.80. The van der Waals surface area contributed by atoms with Gasteiger partial charge in [-0.1, -0.05) is 23.7 Å². The topological polar surface area (TPSA) is 75.6 Å². The molecule has 2 bridgehead atoms. The summed E-state index contributed by atoms with van der Waals surface area (Å²) in [6.07, 6.45) is 0.787. The number of amides is 1. The Kier molecular flexibility index (Phi) is 3.40. The number of para-hydroxylation sites is 1. The molecule has 2 saturated heterocycles. The van der Waals surface area contributed by atoms with E-state index in [1.165, 1.54) is 0 Å². The molecule has 0 saturated carbocycles. The van der Waals surface area contributed by atoms with Crippen molar-refractivity contribution in [3.05, 3.63) is 29.3 Å². The molecule has 0 aliphatic carbocycles. The molecular formula is C14H14ClNO4. The number of anilines is 1. The lowest BCUT2D eigenvalue weighted by Gasteiger charge is -2.24. The van der Waals surface area contributed by atoms with E-state index in [-0.39, 0.29) is 18.1 Å². The van der Waals surface area contributed by atoms with Gasteiger partial charge in [0.05, 0.1) is 34.8 Å². The molecular weight excluding hydrogens is 282 g/mol. The normalized spacial score (nSPS) is 31.2. The fraction of sp³-hybridized carbons (Fsp3) is 0.429. The molecule has 6 heteroatoms. The minimum atomic E-state index is -0.975. The fourth-order valence-corrected chi connectivity index (χ4v) is 3.29. The summed E-state index contributed by atoms with van der Waals surface area (Å²) in [6.45, 7) is 0. The number of rotatable bonds is 3. The molecule has 0 unspecified atom stereocenters. The smallest absolute Gasteiger partial charge is 0.310 e. The van der Waals surface area contributed by atoms with Crippen molar-refractivity contribution in [2.24, 2.45) is 11.8 Å². The number of benzene rings is 1. The largest absolute Gasteiger partial charge is 0.481 e. The number of halogens is 1. The van der Waals surface area contributed by atoms with Gasteiger partial charge in [-0.3, -0.25) is 9.59 Å². The molecule has 3 rings (SSSR count). The SMILES string of the molecule is O=C(Nc1ccccc1Cl)[C@@H]1[C@H](C(=O)O)[C@@H]2CC[C@H]1O2. The van der Waals surface area contributed by atoms with E-state index in [0.29, 0.717) is 17.1 Å². The molecule has 2 aliphatic rings. The van der Waals surface area contributed by atoms with Crippen molar-refractivity contribution in [3.63, 3.8) is 0 Å². The predicted molar refractivity (Wildman–Crippen MR) is 72.6 cm³/mol. The van der Waals surface area contributed by atoms with Crippen molar-refractivity contribution in [2.75, 3.05) is 5.32 Å². The number of carboxylic acid groups (broad SMARTS) is 1. The number of carboxylic acids is 1. The molecule has 20 heavy (non-hydrogen) atoms. The molecule has 1 amide bonds. The van der Waals surface area contributed by atoms with Gasteiger partial charge in [0.1, 0.15) is 0 Å². The van der Waals surface area contributed by atoms with Gasteiger partial charge in [0.15, 0.2) is 0 Å². The van der Waals surface area contributed by atoms with E-state index in [2.05, 4.69) is 5.32 Å². The van der Waals surface area contributed by atoms with Crippen LogP contribution in [0.4, 0.5) is 5.69 Å². The molecule has 0 aromatic heterocycles. The lowest BCUT2D eigenvalue weighted by molar-refractivity contribution is -0.147. The van der Waals surface area contributed by atoms with E-state index in [4.69, 9.17) is 16.3 Å². The monoisotopic (exact) mass is 295 g/mol. The maximum absolute atomic E-state index is 12.4. The average Bonchev–Trinajstić information content (AvgIpc) is 3.01. The van der Waals surface area contributed by atoms with Gasteiger partial charge in [-0.05, 0) is 25.0 Å². The molecule has 2 fully saturated rings. The number of aliphatic carboxylic acids is 1. The maximum Gasteiger partial charge on any atom is 0.310 e. The Bertz CT molecular complexity index is 562. The van der Waals surface area contributed by atoms with Gasteiger partial charge >= 0.3 is 5.97 Å². The van der Waals surface area contributed by atoms with Crippen LogP contribution in [0.15, 0.2) is 24.3 Å². The third kappa shape index (κ3) is 2.17. The summed E-state index contributed by atoms with van der Waals surface area (Å²) < 4.78 is 5.57. The summed E-state index contributed by atoms with van der Waals surface area (Å²) in [5, 5.41) is 12.4. The van der Waals surface area contributed by atoms with Crippen LogP contribution in [0, 0.1) is 11.8 Å². The number of nitrogens with one attached hydrogen (secondary N) is 1. The number of ether oxygens (including phenoxy) is 1. The summed E-state index contributed by atoms with van der Waals surface area (Å²) >= 11 is 5.99. The van der Waals surface area contributed by atoms with E-state index in [1.807, 2.05) is 0 Å². The standard InChI is InChI=1S/C14H14ClNO4/c15-7-3-1-2-4-8(7)16-13(17)11-9-5-6-10(20-9)12(11)14(18)19/h1-4,9-12H,5-6H2,(H,16,17)(H,18,19)/t9-,10+,11+,12-/m1/s1. The second-order valence-electron chi connectivity index (χ2n) is 5.15. The number of carbonyl (C=O) groups excluding carboxylic acids is 1. The summed E-state index contributed by atoms with van der Waals surface area (Å²) in [5.41, 5.74) is 0.492. The minimum Gasteiger partial charge on any atom is -0.481 e. The van der Waals surface area contributed by atoms with Gasteiger partial charge in [-0.15, -0.1) is 0 Å². The number of hydrogen-bond acceptors (Lipinski definition) is 3. The molecule has 1 aromatic rings. The zero-order valence-electron chi connectivity index (χ0n) is 10.6. The lowest BCUT2D eigenvalue weighted by atomic mass is 9.78. The highest BCUT2D eigenvalue weighted by atomic mass is 35.5. The van der Waals surface area contributed by atoms with Crippen molar-refractivity contribution < 1.29 is 19.4 Å². The van der Waals surface area contributed by atoms with Gasteiger partial charge in [-0.25, -0.2) is 0 Å².